The molecule has 33 heavy (non-hydrogen) atoms. The second kappa shape index (κ2) is 9.44. The van der Waals surface area contributed by atoms with Gasteiger partial charge < -0.3 is 4.74 Å². The summed E-state index contributed by atoms with van der Waals surface area (Å²) in [6.07, 6.45) is 0.275. The number of anilines is 1. The minimum absolute atomic E-state index is 0.148. The van der Waals surface area contributed by atoms with E-state index in [9.17, 15) is 18.0 Å². The topological polar surface area (TPSA) is 80.2 Å². The van der Waals surface area contributed by atoms with Crippen molar-refractivity contribution < 1.29 is 22.7 Å². The van der Waals surface area contributed by atoms with Gasteiger partial charge in [0.1, 0.15) is 11.4 Å². The number of rotatable bonds is 6. The number of likely N-dealkylation sites (tertiary alicyclic amines) is 1. The van der Waals surface area contributed by atoms with E-state index in [-0.39, 0.29) is 11.4 Å². The molecule has 2 aromatic heterocycles. The molecule has 4 rings (SSSR count). The number of alkyl halides is 3. The number of amides is 1. The SMILES string of the molecule is Cc1cc(OC(F)(F)F)cc(-c2nc(NC(=O)c3cnc(C)cn3)sc2CN2CCCC2)c1. The fraction of sp³-hybridized carbons (Fsp3) is 0.364. The van der Waals surface area contributed by atoms with Gasteiger partial charge >= 0.3 is 6.36 Å². The molecule has 0 spiro atoms. The molecule has 1 aromatic carbocycles. The number of aromatic nitrogens is 3. The van der Waals surface area contributed by atoms with Crippen molar-refractivity contribution in [3.63, 3.8) is 0 Å². The summed E-state index contributed by atoms with van der Waals surface area (Å²) in [5.41, 5.74) is 2.46. The molecular formula is C22H22F3N5O2S. The molecule has 0 atom stereocenters. The number of hydrogen-bond acceptors (Lipinski definition) is 7. The Morgan fingerprint density at radius 2 is 1.91 bits per heavy atom. The maximum atomic E-state index is 12.8. The maximum Gasteiger partial charge on any atom is 0.573 e. The van der Waals surface area contributed by atoms with Gasteiger partial charge in [0.05, 0.1) is 17.6 Å². The van der Waals surface area contributed by atoms with Crippen LogP contribution in [0.4, 0.5) is 18.3 Å². The van der Waals surface area contributed by atoms with Gasteiger partial charge in [0.2, 0.25) is 0 Å². The van der Waals surface area contributed by atoms with Crippen LogP contribution in [-0.2, 0) is 6.54 Å². The van der Waals surface area contributed by atoms with Gasteiger partial charge in [-0.3, -0.25) is 20.0 Å². The highest BCUT2D eigenvalue weighted by molar-refractivity contribution is 7.16. The Kier molecular flexibility index (Phi) is 6.61. The normalized spacial score (nSPS) is 14.5. The third-order valence-electron chi connectivity index (χ3n) is 5.06. The predicted octanol–water partition coefficient (Wildman–Crippen LogP) is 4.96. The smallest absolute Gasteiger partial charge is 0.406 e. The first-order chi connectivity index (χ1) is 15.7. The van der Waals surface area contributed by atoms with Gasteiger partial charge in [-0.2, -0.15) is 0 Å². The lowest BCUT2D eigenvalue weighted by Gasteiger charge is -2.15. The molecule has 7 nitrogen and oxygen atoms in total. The van der Waals surface area contributed by atoms with Crippen molar-refractivity contribution in [2.75, 3.05) is 18.4 Å². The molecule has 0 unspecified atom stereocenters. The summed E-state index contributed by atoms with van der Waals surface area (Å²) in [5, 5.41) is 3.08. The van der Waals surface area contributed by atoms with E-state index in [1.165, 1.54) is 35.9 Å². The Balaban J connectivity index is 1.66. The molecule has 11 heteroatoms. The molecule has 1 saturated heterocycles. The first-order valence-electron chi connectivity index (χ1n) is 10.4. The summed E-state index contributed by atoms with van der Waals surface area (Å²) >= 11 is 1.30. The number of aryl methyl sites for hydroxylation is 2. The zero-order chi connectivity index (χ0) is 23.6. The van der Waals surface area contributed by atoms with Crippen LogP contribution in [0.5, 0.6) is 5.75 Å². The molecule has 1 N–H and O–H groups in total. The van der Waals surface area contributed by atoms with E-state index in [1.807, 2.05) is 0 Å². The summed E-state index contributed by atoms with van der Waals surface area (Å²) < 4.78 is 42.5. The Bertz CT molecular complexity index is 1140. The van der Waals surface area contributed by atoms with E-state index < -0.39 is 12.3 Å². The Hall–Kier alpha value is -3.05. The first-order valence-corrected chi connectivity index (χ1v) is 11.2. The number of ether oxygens (including phenoxy) is 1. The zero-order valence-corrected chi connectivity index (χ0v) is 18.9. The van der Waals surface area contributed by atoms with Crippen molar-refractivity contribution in [3.05, 3.63) is 52.4 Å². The van der Waals surface area contributed by atoms with E-state index in [0.717, 1.165) is 30.8 Å². The van der Waals surface area contributed by atoms with Gasteiger partial charge in [-0.1, -0.05) is 11.3 Å². The van der Waals surface area contributed by atoms with Crippen LogP contribution in [0.2, 0.25) is 0 Å². The lowest BCUT2D eigenvalue weighted by Crippen LogP contribution is -2.18. The minimum atomic E-state index is -4.79. The number of nitrogens with one attached hydrogen (secondary N) is 1. The lowest BCUT2D eigenvalue weighted by atomic mass is 10.1. The number of hydrogen-bond donors (Lipinski definition) is 1. The average molecular weight is 478 g/mol. The fourth-order valence-electron chi connectivity index (χ4n) is 3.63. The molecule has 1 aliphatic rings. The minimum Gasteiger partial charge on any atom is -0.406 e. The van der Waals surface area contributed by atoms with Crippen molar-refractivity contribution in [2.24, 2.45) is 0 Å². The lowest BCUT2D eigenvalue weighted by molar-refractivity contribution is -0.274. The van der Waals surface area contributed by atoms with Crippen molar-refractivity contribution in [1.82, 2.24) is 19.9 Å². The second-order valence-electron chi connectivity index (χ2n) is 7.85. The first kappa shape index (κ1) is 23.1. The van der Waals surface area contributed by atoms with E-state index in [2.05, 4.69) is 29.9 Å². The molecule has 1 fully saturated rings. The molecule has 174 valence electrons. The van der Waals surface area contributed by atoms with Gasteiger partial charge in [0, 0.05) is 23.2 Å². The Morgan fingerprint density at radius 3 is 2.58 bits per heavy atom. The summed E-state index contributed by atoms with van der Waals surface area (Å²) in [6.45, 7) is 5.93. The second-order valence-corrected chi connectivity index (χ2v) is 8.94. The van der Waals surface area contributed by atoms with Gasteiger partial charge in [0.25, 0.3) is 5.91 Å². The fourth-order valence-corrected chi connectivity index (χ4v) is 4.65. The number of carbonyl (C=O) groups is 1. The number of thiazole rings is 1. The van der Waals surface area contributed by atoms with Crippen molar-refractivity contribution in [2.45, 2.75) is 39.6 Å². The molecule has 3 aromatic rings. The van der Waals surface area contributed by atoms with Gasteiger partial charge in [-0.05, 0) is 63.5 Å². The molecular weight excluding hydrogens is 455 g/mol. The van der Waals surface area contributed by atoms with E-state index in [0.29, 0.717) is 34.2 Å². The third kappa shape index (κ3) is 6.05. The average Bonchev–Trinajstić information content (AvgIpc) is 3.37. The summed E-state index contributed by atoms with van der Waals surface area (Å²) in [6, 6.07) is 4.39. The molecule has 3 heterocycles. The van der Waals surface area contributed by atoms with Crippen LogP contribution in [0.25, 0.3) is 11.3 Å². The number of nitrogens with zero attached hydrogens (tertiary/aromatic N) is 4. The standard InChI is InChI=1S/C22H22F3N5O2S/c1-13-7-15(9-16(8-13)32-22(23,24)25)19-18(12-30-5-3-4-6-30)33-21(28-19)29-20(31)17-11-26-14(2)10-27-17/h7-11H,3-6,12H2,1-2H3,(H,28,29,31). The van der Waals surface area contributed by atoms with Crippen molar-refractivity contribution in [3.8, 4) is 17.0 Å². The van der Waals surface area contributed by atoms with Gasteiger partial charge in [-0.25, -0.2) is 9.97 Å². The van der Waals surface area contributed by atoms with Gasteiger partial charge in [0.15, 0.2) is 5.13 Å². The van der Waals surface area contributed by atoms with E-state index >= 15 is 0 Å². The van der Waals surface area contributed by atoms with Crippen LogP contribution >= 0.6 is 11.3 Å². The number of benzene rings is 1. The van der Waals surface area contributed by atoms with Crippen LogP contribution < -0.4 is 10.1 Å². The van der Waals surface area contributed by atoms with Crippen LogP contribution in [0.1, 0.15) is 39.5 Å². The molecule has 1 aliphatic heterocycles. The number of carbonyl (C=O) groups excluding carboxylic acids is 1. The molecule has 0 radical (unpaired) electrons. The van der Waals surface area contributed by atoms with Crippen molar-refractivity contribution in [1.29, 1.82) is 0 Å². The predicted molar refractivity (Wildman–Crippen MR) is 118 cm³/mol. The summed E-state index contributed by atoms with van der Waals surface area (Å²) in [7, 11) is 0. The zero-order valence-electron chi connectivity index (χ0n) is 18.1. The van der Waals surface area contributed by atoms with Crippen LogP contribution in [0.3, 0.4) is 0 Å². The maximum absolute atomic E-state index is 12.8. The van der Waals surface area contributed by atoms with Crippen molar-refractivity contribution >= 4 is 22.4 Å². The molecule has 0 bridgehead atoms. The third-order valence-corrected chi connectivity index (χ3v) is 6.01. The quantitative estimate of drug-likeness (QED) is 0.540. The van der Waals surface area contributed by atoms with E-state index in [4.69, 9.17) is 0 Å². The van der Waals surface area contributed by atoms with Crippen LogP contribution in [0.15, 0.2) is 30.6 Å². The van der Waals surface area contributed by atoms with E-state index in [1.54, 1.807) is 19.9 Å². The van der Waals surface area contributed by atoms with Crippen LogP contribution in [0, 0.1) is 13.8 Å². The highest BCUT2D eigenvalue weighted by Crippen LogP contribution is 2.36. The summed E-state index contributed by atoms with van der Waals surface area (Å²) in [5.74, 6) is -0.765. The monoisotopic (exact) mass is 477 g/mol. The molecule has 0 aliphatic carbocycles. The highest BCUT2D eigenvalue weighted by Gasteiger charge is 2.31. The molecule has 1 amide bonds. The van der Waals surface area contributed by atoms with Gasteiger partial charge in [-0.15, -0.1) is 13.2 Å². The summed E-state index contributed by atoms with van der Waals surface area (Å²) in [4.78, 5) is 28.4. The highest BCUT2D eigenvalue weighted by atomic mass is 32.1. The Morgan fingerprint density at radius 1 is 1.15 bits per heavy atom. The number of halogens is 3. The van der Waals surface area contributed by atoms with Crippen LogP contribution in [-0.4, -0.2) is 45.2 Å². The Labute approximate surface area is 192 Å². The molecule has 0 saturated carbocycles. The largest absolute Gasteiger partial charge is 0.573 e.